The minimum absolute atomic E-state index is 0.126. The third-order valence-electron chi connectivity index (χ3n) is 4.66. The van der Waals surface area contributed by atoms with Gasteiger partial charge >= 0.3 is 0 Å². The molecule has 1 aliphatic carbocycles. The molecular weight excluding hydrogens is 256 g/mol. The molecule has 1 aliphatic rings. The van der Waals surface area contributed by atoms with E-state index in [0.717, 1.165) is 25.7 Å². The summed E-state index contributed by atoms with van der Waals surface area (Å²) < 4.78 is 5.55. The third-order valence-corrected chi connectivity index (χ3v) is 4.66. The van der Waals surface area contributed by atoms with E-state index in [1.807, 2.05) is 13.8 Å². The van der Waals surface area contributed by atoms with E-state index in [9.17, 15) is 9.90 Å². The second kappa shape index (κ2) is 5.95. The van der Waals surface area contributed by atoms with Gasteiger partial charge in [-0.15, -0.1) is 0 Å². The fourth-order valence-corrected chi connectivity index (χ4v) is 3.24. The number of rotatable bonds is 5. The van der Waals surface area contributed by atoms with Crippen LogP contribution in [-0.4, -0.2) is 22.2 Å². The van der Waals surface area contributed by atoms with Crippen LogP contribution in [-0.2, 0) is 10.3 Å². The first-order valence-electron chi connectivity index (χ1n) is 7.46. The fraction of sp³-hybridized carbons (Fsp3) is 0.733. The largest absolute Gasteiger partial charge is 0.493 e. The van der Waals surface area contributed by atoms with Gasteiger partial charge in [0.2, 0.25) is 5.88 Å². The molecule has 1 fully saturated rings. The summed E-state index contributed by atoms with van der Waals surface area (Å²) in [4.78, 5) is 19.4. The standard InChI is InChI=1S/C15H24N2O3/c1-4-15(5-2,20-3)14-16-12(18)11(13(19)17-14)10-8-6-7-9-10/h10H,4-9H2,1-3H3,(H2,16,17,18,19). The van der Waals surface area contributed by atoms with Crippen LogP contribution < -0.4 is 5.56 Å². The average Bonchev–Trinajstić information content (AvgIpc) is 2.94. The molecule has 1 saturated carbocycles. The predicted octanol–water partition coefficient (Wildman–Crippen LogP) is 2.79. The molecule has 20 heavy (non-hydrogen) atoms. The number of nitrogens with one attached hydrogen (secondary N) is 1. The SMILES string of the molecule is CCC(CC)(OC)c1nc(O)c(C2CCCC2)c(=O)[nH]1. The zero-order chi connectivity index (χ0) is 14.8. The minimum Gasteiger partial charge on any atom is -0.493 e. The van der Waals surface area contributed by atoms with Crippen LogP contribution >= 0.6 is 0 Å². The molecule has 1 aromatic rings. The van der Waals surface area contributed by atoms with Gasteiger partial charge in [0.15, 0.2) is 0 Å². The molecule has 0 aliphatic heterocycles. The van der Waals surface area contributed by atoms with Crippen molar-refractivity contribution in [2.75, 3.05) is 7.11 Å². The second-order valence-electron chi connectivity index (χ2n) is 5.54. The monoisotopic (exact) mass is 280 g/mol. The summed E-state index contributed by atoms with van der Waals surface area (Å²) in [6.45, 7) is 3.96. The first-order chi connectivity index (χ1) is 9.57. The Morgan fingerprint density at radius 3 is 2.40 bits per heavy atom. The van der Waals surface area contributed by atoms with E-state index < -0.39 is 5.60 Å². The molecule has 0 aromatic carbocycles. The van der Waals surface area contributed by atoms with Crippen LogP contribution in [0.3, 0.4) is 0 Å². The van der Waals surface area contributed by atoms with Gasteiger partial charge in [0, 0.05) is 7.11 Å². The van der Waals surface area contributed by atoms with E-state index >= 15 is 0 Å². The summed E-state index contributed by atoms with van der Waals surface area (Å²) in [6.07, 6.45) is 5.49. The van der Waals surface area contributed by atoms with E-state index in [-0.39, 0.29) is 17.4 Å². The molecule has 0 unspecified atom stereocenters. The van der Waals surface area contributed by atoms with Crippen molar-refractivity contribution in [1.29, 1.82) is 0 Å². The van der Waals surface area contributed by atoms with Crippen molar-refractivity contribution >= 4 is 0 Å². The lowest BCUT2D eigenvalue weighted by Gasteiger charge is -2.29. The maximum absolute atomic E-state index is 12.3. The summed E-state index contributed by atoms with van der Waals surface area (Å²) in [5.74, 6) is 0.439. The van der Waals surface area contributed by atoms with E-state index in [2.05, 4.69) is 9.97 Å². The van der Waals surface area contributed by atoms with E-state index in [1.54, 1.807) is 7.11 Å². The number of aromatic hydroxyl groups is 1. The van der Waals surface area contributed by atoms with Crippen molar-refractivity contribution in [2.24, 2.45) is 0 Å². The maximum Gasteiger partial charge on any atom is 0.258 e. The van der Waals surface area contributed by atoms with Crippen molar-refractivity contribution in [3.63, 3.8) is 0 Å². The zero-order valence-electron chi connectivity index (χ0n) is 12.5. The molecule has 5 nitrogen and oxygen atoms in total. The van der Waals surface area contributed by atoms with Crippen LogP contribution in [0.25, 0.3) is 0 Å². The fourth-order valence-electron chi connectivity index (χ4n) is 3.24. The molecule has 5 heteroatoms. The lowest BCUT2D eigenvalue weighted by molar-refractivity contribution is -0.0298. The number of aromatic nitrogens is 2. The van der Waals surface area contributed by atoms with Crippen LogP contribution in [0.4, 0.5) is 0 Å². The number of aromatic amines is 1. The van der Waals surface area contributed by atoms with E-state index in [1.165, 1.54) is 0 Å². The topological polar surface area (TPSA) is 75.2 Å². The summed E-state index contributed by atoms with van der Waals surface area (Å²) in [5, 5.41) is 10.2. The van der Waals surface area contributed by atoms with Crippen molar-refractivity contribution in [2.45, 2.75) is 63.9 Å². The van der Waals surface area contributed by atoms with Crippen LogP contribution in [0.15, 0.2) is 4.79 Å². The summed E-state index contributed by atoms with van der Waals surface area (Å²) in [6, 6.07) is 0. The van der Waals surface area contributed by atoms with Crippen LogP contribution in [0.2, 0.25) is 0 Å². The highest BCUT2D eigenvalue weighted by atomic mass is 16.5. The number of methoxy groups -OCH3 is 1. The Kier molecular flexibility index (Phi) is 4.48. The van der Waals surface area contributed by atoms with Gasteiger partial charge in [-0.1, -0.05) is 26.7 Å². The molecule has 0 spiro atoms. The molecule has 0 atom stereocenters. The summed E-state index contributed by atoms with van der Waals surface area (Å²) in [5.41, 5.74) is -0.406. The number of hydrogen-bond acceptors (Lipinski definition) is 4. The van der Waals surface area contributed by atoms with Crippen LogP contribution in [0.5, 0.6) is 5.88 Å². The quantitative estimate of drug-likeness (QED) is 0.869. The predicted molar refractivity (Wildman–Crippen MR) is 77.0 cm³/mol. The first-order valence-corrected chi connectivity index (χ1v) is 7.46. The Hall–Kier alpha value is -1.36. The second-order valence-corrected chi connectivity index (χ2v) is 5.54. The van der Waals surface area contributed by atoms with Gasteiger partial charge < -0.3 is 14.8 Å². The highest BCUT2D eigenvalue weighted by Gasteiger charge is 2.33. The Labute approximate surface area is 119 Å². The molecule has 0 radical (unpaired) electrons. The average molecular weight is 280 g/mol. The molecule has 0 bridgehead atoms. The number of ether oxygens (including phenoxy) is 1. The Morgan fingerprint density at radius 2 is 1.95 bits per heavy atom. The van der Waals surface area contributed by atoms with Gasteiger partial charge in [0.25, 0.3) is 5.56 Å². The molecule has 0 amide bonds. The Bertz CT molecular complexity index is 506. The first kappa shape index (κ1) is 15.0. The van der Waals surface area contributed by atoms with Crippen molar-refractivity contribution in [3.8, 4) is 5.88 Å². The van der Waals surface area contributed by atoms with Gasteiger partial charge in [0.05, 0.1) is 5.56 Å². The molecule has 2 N–H and O–H groups in total. The number of H-pyrrole nitrogens is 1. The zero-order valence-corrected chi connectivity index (χ0v) is 12.5. The minimum atomic E-state index is -0.634. The highest BCUT2D eigenvalue weighted by molar-refractivity contribution is 5.28. The normalized spacial score (nSPS) is 16.8. The molecule has 1 heterocycles. The molecule has 1 aromatic heterocycles. The van der Waals surface area contributed by atoms with Crippen LogP contribution in [0.1, 0.15) is 69.7 Å². The number of hydrogen-bond donors (Lipinski definition) is 2. The van der Waals surface area contributed by atoms with Gasteiger partial charge in [0.1, 0.15) is 11.4 Å². The molecule has 2 rings (SSSR count). The summed E-state index contributed by atoms with van der Waals surface area (Å²) in [7, 11) is 1.61. The van der Waals surface area contributed by atoms with Gasteiger partial charge in [-0.3, -0.25) is 4.79 Å². The van der Waals surface area contributed by atoms with E-state index in [0.29, 0.717) is 24.2 Å². The van der Waals surface area contributed by atoms with Crippen molar-refractivity contribution < 1.29 is 9.84 Å². The Morgan fingerprint density at radius 1 is 1.35 bits per heavy atom. The van der Waals surface area contributed by atoms with Crippen LogP contribution in [0, 0.1) is 0 Å². The van der Waals surface area contributed by atoms with E-state index in [4.69, 9.17) is 4.74 Å². The number of nitrogens with zero attached hydrogens (tertiary/aromatic N) is 1. The van der Waals surface area contributed by atoms with Gasteiger partial charge in [-0.2, -0.15) is 4.98 Å². The molecule has 112 valence electrons. The van der Waals surface area contributed by atoms with Crippen molar-refractivity contribution in [1.82, 2.24) is 9.97 Å². The smallest absolute Gasteiger partial charge is 0.258 e. The van der Waals surface area contributed by atoms with Crippen molar-refractivity contribution in [3.05, 3.63) is 21.7 Å². The Balaban J connectivity index is 2.46. The highest BCUT2D eigenvalue weighted by Crippen LogP contribution is 2.37. The molecule has 0 saturated heterocycles. The third kappa shape index (κ3) is 2.46. The molecular formula is C15H24N2O3. The summed E-state index contributed by atoms with van der Waals surface area (Å²) >= 11 is 0. The maximum atomic E-state index is 12.3. The lowest BCUT2D eigenvalue weighted by Crippen LogP contribution is -2.33. The lowest BCUT2D eigenvalue weighted by atomic mass is 9.95. The van der Waals surface area contributed by atoms with Gasteiger partial charge in [-0.05, 0) is 31.6 Å². The van der Waals surface area contributed by atoms with Gasteiger partial charge in [-0.25, -0.2) is 0 Å².